The number of nitrogens with zero attached hydrogens (tertiary/aromatic N) is 2. The lowest BCUT2D eigenvalue weighted by molar-refractivity contribution is -0.142. The quantitative estimate of drug-likeness (QED) is 0.687. The highest BCUT2D eigenvalue weighted by Gasteiger charge is 2.36. The number of nitrogens with one attached hydrogen (secondary N) is 1. The number of likely N-dealkylation sites (tertiary alicyclic amines) is 1. The van der Waals surface area contributed by atoms with Gasteiger partial charge in [-0.1, -0.05) is 20.8 Å². The molecule has 1 aliphatic rings. The van der Waals surface area contributed by atoms with Crippen molar-refractivity contribution in [1.82, 2.24) is 15.1 Å². The number of carboxylic acids is 1. The molecule has 6 heteroatoms. The Hall–Kier alpha value is -1.30. The fourth-order valence-corrected chi connectivity index (χ4v) is 2.60. The van der Waals surface area contributed by atoms with Gasteiger partial charge in [0.15, 0.2) is 0 Å². The fraction of sp³-hybridized carbons (Fsp3) is 0.857. The Morgan fingerprint density at radius 2 is 1.95 bits per heavy atom. The molecule has 116 valence electrons. The lowest BCUT2D eigenvalue weighted by Crippen LogP contribution is -2.40. The van der Waals surface area contributed by atoms with E-state index in [4.69, 9.17) is 5.11 Å². The van der Waals surface area contributed by atoms with Crippen LogP contribution in [-0.4, -0.2) is 66.2 Å². The van der Waals surface area contributed by atoms with Crippen molar-refractivity contribution < 1.29 is 14.7 Å². The first-order valence-electron chi connectivity index (χ1n) is 7.47. The number of aliphatic carboxylic acids is 1. The van der Waals surface area contributed by atoms with Crippen molar-refractivity contribution in [3.63, 3.8) is 0 Å². The van der Waals surface area contributed by atoms with E-state index >= 15 is 0 Å². The van der Waals surface area contributed by atoms with Gasteiger partial charge in [-0.2, -0.15) is 0 Å². The Bertz CT molecular complexity index is 332. The molecule has 1 aliphatic heterocycles. The zero-order valence-corrected chi connectivity index (χ0v) is 12.8. The minimum atomic E-state index is -0.811. The molecule has 0 aliphatic carbocycles. The van der Waals surface area contributed by atoms with Gasteiger partial charge in [-0.05, 0) is 32.0 Å². The summed E-state index contributed by atoms with van der Waals surface area (Å²) in [6, 6.07) is -0.139. The van der Waals surface area contributed by atoms with E-state index < -0.39 is 11.9 Å². The first-order chi connectivity index (χ1) is 9.49. The van der Waals surface area contributed by atoms with E-state index in [0.717, 1.165) is 26.1 Å². The molecule has 0 spiro atoms. The summed E-state index contributed by atoms with van der Waals surface area (Å²) >= 11 is 0. The van der Waals surface area contributed by atoms with Crippen LogP contribution in [0.25, 0.3) is 0 Å². The summed E-state index contributed by atoms with van der Waals surface area (Å²) in [7, 11) is 0. The molecule has 2 amide bonds. The normalized spacial score (nSPS) is 22.3. The van der Waals surface area contributed by atoms with Crippen LogP contribution in [0.4, 0.5) is 4.79 Å². The molecule has 0 bridgehead atoms. The molecular formula is C14H27N3O3. The summed E-state index contributed by atoms with van der Waals surface area (Å²) in [5, 5.41) is 11.9. The van der Waals surface area contributed by atoms with Crippen LogP contribution in [0, 0.1) is 11.8 Å². The Labute approximate surface area is 121 Å². The van der Waals surface area contributed by atoms with Gasteiger partial charge in [-0.3, -0.25) is 4.79 Å². The molecule has 0 unspecified atom stereocenters. The van der Waals surface area contributed by atoms with Crippen LogP contribution >= 0.6 is 0 Å². The standard InChI is InChI=1S/C14H27N3O3/c1-4-16(5-2)8-6-7-15-14(20)17-9-11(3)12(10-17)13(18)19/h11-12H,4-10H2,1-3H3,(H,15,20)(H,18,19)/t11-,12-/m1/s1. The molecule has 20 heavy (non-hydrogen) atoms. The molecule has 2 atom stereocenters. The predicted octanol–water partition coefficient (Wildman–Crippen LogP) is 1.08. The van der Waals surface area contributed by atoms with Crippen molar-refractivity contribution in [2.24, 2.45) is 11.8 Å². The average molecular weight is 285 g/mol. The molecule has 1 saturated heterocycles. The largest absolute Gasteiger partial charge is 0.481 e. The summed E-state index contributed by atoms with van der Waals surface area (Å²) in [6.07, 6.45) is 0.916. The van der Waals surface area contributed by atoms with Gasteiger partial charge >= 0.3 is 12.0 Å². The first-order valence-corrected chi connectivity index (χ1v) is 7.47. The predicted molar refractivity (Wildman–Crippen MR) is 77.7 cm³/mol. The van der Waals surface area contributed by atoms with E-state index in [1.807, 2.05) is 6.92 Å². The second kappa shape index (κ2) is 8.09. The number of hydrogen-bond donors (Lipinski definition) is 2. The highest BCUT2D eigenvalue weighted by Crippen LogP contribution is 2.22. The Kier molecular flexibility index (Phi) is 6.78. The monoisotopic (exact) mass is 285 g/mol. The summed E-state index contributed by atoms with van der Waals surface area (Å²) in [6.45, 7) is 10.6. The van der Waals surface area contributed by atoms with Crippen LogP contribution in [0.5, 0.6) is 0 Å². The van der Waals surface area contributed by atoms with E-state index in [0.29, 0.717) is 19.6 Å². The minimum absolute atomic E-state index is 0.0222. The third kappa shape index (κ3) is 4.67. The fourth-order valence-electron chi connectivity index (χ4n) is 2.60. The van der Waals surface area contributed by atoms with Gasteiger partial charge in [-0.25, -0.2) is 4.79 Å². The number of rotatable bonds is 7. The smallest absolute Gasteiger partial charge is 0.317 e. The second-order valence-corrected chi connectivity index (χ2v) is 5.44. The van der Waals surface area contributed by atoms with Gasteiger partial charge in [0.2, 0.25) is 0 Å². The molecule has 1 fully saturated rings. The summed E-state index contributed by atoms with van der Waals surface area (Å²) in [5.74, 6) is -1.22. The SMILES string of the molecule is CCN(CC)CCCNC(=O)N1C[C@@H](C)[C@H](C(=O)O)C1. The highest BCUT2D eigenvalue weighted by atomic mass is 16.4. The molecule has 2 N–H and O–H groups in total. The van der Waals surface area contributed by atoms with E-state index in [-0.39, 0.29) is 11.9 Å². The third-order valence-electron chi connectivity index (χ3n) is 4.04. The van der Waals surface area contributed by atoms with Crippen LogP contribution in [-0.2, 0) is 4.79 Å². The van der Waals surface area contributed by atoms with Crippen molar-refractivity contribution >= 4 is 12.0 Å². The van der Waals surface area contributed by atoms with Crippen molar-refractivity contribution in [3.8, 4) is 0 Å². The number of urea groups is 1. The molecule has 0 aromatic carbocycles. The van der Waals surface area contributed by atoms with Crippen LogP contribution in [0.2, 0.25) is 0 Å². The number of carbonyl (C=O) groups excluding carboxylic acids is 1. The number of carboxylic acid groups (broad SMARTS) is 1. The lowest BCUT2D eigenvalue weighted by Gasteiger charge is -2.19. The Balaban J connectivity index is 2.25. The van der Waals surface area contributed by atoms with E-state index in [9.17, 15) is 9.59 Å². The van der Waals surface area contributed by atoms with Crippen LogP contribution in [0.15, 0.2) is 0 Å². The van der Waals surface area contributed by atoms with Gasteiger partial charge in [0.25, 0.3) is 0 Å². The van der Waals surface area contributed by atoms with Gasteiger partial charge in [0, 0.05) is 19.6 Å². The molecular weight excluding hydrogens is 258 g/mol. The van der Waals surface area contributed by atoms with E-state index in [1.165, 1.54) is 0 Å². The summed E-state index contributed by atoms with van der Waals surface area (Å²) in [5.41, 5.74) is 0. The molecule has 6 nitrogen and oxygen atoms in total. The molecule has 1 rings (SSSR count). The number of amides is 2. The van der Waals surface area contributed by atoms with E-state index in [2.05, 4.69) is 24.1 Å². The average Bonchev–Trinajstić information content (AvgIpc) is 2.81. The lowest BCUT2D eigenvalue weighted by atomic mass is 9.99. The van der Waals surface area contributed by atoms with Crippen LogP contribution < -0.4 is 5.32 Å². The number of hydrogen-bond acceptors (Lipinski definition) is 3. The number of carbonyl (C=O) groups is 2. The zero-order chi connectivity index (χ0) is 15.1. The first kappa shape index (κ1) is 16.8. The van der Waals surface area contributed by atoms with E-state index in [1.54, 1.807) is 4.90 Å². The van der Waals surface area contributed by atoms with Gasteiger partial charge in [0.1, 0.15) is 0 Å². The molecule has 0 aromatic heterocycles. The minimum Gasteiger partial charge on any atom is -0.481 e. The highest BCUT2D eigenvalue weighted by molar-refractivity contribution is 5.77. The maximum atomic E-state index is 12.0. The Morgan fingerprint density at radius 3 is 2.45 bits per heavy atom. The summed E-state index contributed by atoms with van der Waals surface area (Å²) in [4.78, 5) is 26.9. The molecule has 0 saturated carbocycles. The Morgan fingerprint density at radius 1 is 1.30 bits per heavy atom. The second-order valence-electron chi connectivity index (χ2n) is 5.44. The maximum Gasteiger partial charge on any atom is 0.317 e. The van der Waals surface area contributed by atoms with Crippen molar-refractivity contribution in [2.45, 2.75) is 27.2 Å². The van der Waals surface area contributed by atoms with Crippen LogP contribution in [0.1, 0.15) is 27.2 Å². The maximum absolute atomic E-state index is 12.0. The third-order valence-corrected chi connectivity index (χ3v) is 4.04. The van der Waals surface area contributed by atoms with Crippen molar-refractivity contribution in [3.05, 3.63) is 0 Å². The summed E-state index contributed by atoms with van der Waals surface area (Å²) < 4.78 is 0. The van der Waals surface area contributed by atoms with Crippen LogP contribution in [0.3, 0.4) is 0 Å². The zero-order valence-electron chi connectivity index (χ0n) is 12.8. The molecule has 1 heterocycles. The van der Waals surface area contributed by atoms with Gasteiger partial charge < -0.3 is 20.2 Å². The van der Waals surface area contributed by atoms with Crippen molar-refractivity contribution in [1.29, 1.82) is 0 Å². The van der Waals surface area contributed by atoms with Crippen molar-refractivity contribution in [2.75, 3.05) is 39.3 Å². The van der Waals surface area contributed by atoms with Gasteiger partial charge in [-0.15, -0.1) is 0 Å². The molecule has 0 radical (unpaired) electrons. The van der Waals surface area contributed by atoms with Gasteiger partial charge in [0.05, 0.1) is 5.92 Å². The topological polar surface area (TPSA) is 72.9 Å². The molecule has 0 aromatic rings.